The number of likely N-dealkylation sites (tertiary alicyclic amines) is 1. The fourth-order valence-electron chi connectivity index (χ4n) is 3.81. The number of carboxylic acids is 1. The van der Waals surface area contributed by atoms with Crippen LogP contribution in [-0.4, -0.2) is 41.1 Å². The van der Waals surface area contributed by atoms with Crippen molar-refractivity contribution in [2.45, 2.75) is 25.3 Å². The summed E-state index contributed by atoms with van der Waals surface area (Å²) < 4.78 is 12.5. The van der Waals surface area contributed by atoms with Gasteiger partial charge < -0.3 is 19.2 Å². The number of aliphatic carboxylic acids is 1. The predicted molar refractivity (Wildman–Crippen MR) is 123 cm³/mol. The van der Waals surface area contributed by atoms with Gasteiger partial charge in [0.2, 0.25) is 5.91 Å². The third-order valence-corrected chi connectivity index (χ3v) is 6.14. The molecule has 0 radical (unpaired) electrons. The van der Waals surface area contributed by atoms with Crippen molar-refractivity contribution in [1.82, 2.24) is 4.90 Å². The lowest BCUT2D eigenvalue weighted by molar-refractivity contribution is -0.148. The molecule has 1 aromatic heterocycles. The van der Waals surface area contributed by atoms with Crippen molar-refractivity contribution in [1.29, 1.82) is 0 Å². The van der Waals surface area contributed by atoms with Gasteiger partial charge in [0.1, 0.15) is 17.6 Å². The number of fused-ring (bicyclic) bond motifs is 1. The summed E-state index contributed by atoms with van der Waals surface area (Å²) in [6, 6.07) is 10.8. The Morgan fingerprint density at radius 2 is 2.06 bits per heavy atom. The summed E-state index contributed by atoms with van der Waals surface area (Å²) in [5, 5.41) is 9.97. The number of ether oxygens (including phenoxy) is 1. The molecule has 1 aliphatic rings. The van der Waals surface area contributed by atoms with E-state index >= 15 is 0 Å². The molecule has 166 valence electrons. The van der Waals surface area contributed by atoms with Crippen LogP contribution in [0.2, 0.25) is 5.02 Å². The first-order valence-electron chi connectivity index (χ1n) is 10.0. The topological polar surface area (TPSA) is 97.0 Å². The maximum atomic E-state index is 12.6. The molecule has 7 nitrogen and oxygen atoms in total. The molecule has 3 aromatic rings. The lowest BCUT2D eigenvalue weighted by atomic mass is 10.1. The van der Waals surface area contributed by atoms with Crippen LogP contribution >= 0.6 is 27.5 Å². The highest BCUT2D eigenvalue weighted by molar-refractivity contribution is 9.10. The molecule has 1 fully saturated rings. The number of benzene rings is 2. The first-order valence-corrected chi connectivity index (χ1v) is 11.2. The fraction of sp³-hybridized carbons (Fsp3) is 0.261. The summed E-state index contributed by atoms with van der Waals surface area (Å²) in [5.74, 6) is -0.556. The van der Waals surface area contributed by atoms with Crippen molar-refractivity contribution < 1.29 is 23.8 Å². The highest BCUT2D eigenvalue weighted by atomic mass is 79.9. The van der Waals surface area contributed by atoms with Crippen molar-refractivity contribution >= 4 is 50.4 Å². The number of carboxylic acid groups (broad SMARTS) is 1. The molecule has 9 heteroatoms. The first kappa shape index (κ1) is 22.4. The lowest BCUT2D eigenvalue weighted by Gasteiger charge is -2.21. The van der Waals surface area contributed by atoms with E-state index in [2.05, 4.69) is 15.9 Å². The van der Waals surface area contributed by atoms with Crippen LogP contribution in [-0.2, 0) is 9.59 Å². The second-order valence-corrected chi connectivity index (χ2v) is 8.74. The molecule has 0 aliphatic carbocycles. The predicted octanol–water partition coefficient (Wildman–Crippen LogP) is 4.72. The zero-order valence-corrected chi connectivity index (χ0v) is 19.2. The minimum absolute atomic E-state index is 0.0310. The van der Waals surface area contributed by atoms with Crippen molar-refractivity contribution in [2.75, 3.05) is 13.2 Å². The maximum Gasteiger partial charge on any atom is 0.326 e. The summed E-state index contributed by atoms with van der Waals surface area (Å²) in [6.07, 6.45) is 1.16. The number of hydrogen-bond donors (Lipinski definition) is 1. The number of amides is 1. The lowest BCUT2D eigenvalue weighted by Crippen LogP contribution is -2.40. The summed E-state index contributed by atoms with van der Waals surface area (Å²) in [5.41, 5.74) is 0.583. The highest BCUT2D eigenvalue weighted by Gasteiger charge is 2.33. The molecule has 32 heavy (non-hydrogen) atoms. The van der Waals surface area contributed by atoms with Gasteiger partial charge in [-0.25, -0.2) is 4.79 Å². The van der Waals surface area contributed by atoms with Gasteiger partial charge >= 0.3 is 5.97 Å². The number of carbonyl (C=O) groups excluding carboxylic acids is 1. The van der Waals surface area contributed by atoms with Crippen molar-refractivity contribution in [3.63, 3.8) is 0 Å². The van der Waals surface area contributed by atoms with Gasteiger partial charge in [0.25, 0.3) is 0 Å². The summed E-state index contributed by atoms with van der Waals surface area (Å²) >= 11 is 9.61. The van der Waals surface area contributed by atoms with Crippen LogP contribution in [0.1, 0.15) is 19.3 Å². The third-order valence-electron chi connectivity index (χ3n) is 5.35. The molecule has 2 heterocycles. The quantitative estimate of drug-likeness (QED) is 0.505. The van der Waals surface area contributed by atoms with Crippen LogP contribution in [0, 0.1) is 0 Å². The van der Waals surface area contributed by atoms with Crippen molar-refractivity contribution in [3.8, 4) is 17.1 Å². The average molecular weight is 521 g/mol. The van der Waals surface area contributed by atoms with Gasteiger partial charge in [-0.1, -0.05) is 33.6 Å². The number of nitrogens with zero attached hydrogens (tertiary/aromatic N) is 1. The van der Waals surface area contributed by atoms with E-state index in [1.54, 1.807) is 36.4 Å². The standard InChI is InChI=1S/C23H19BrClNO6/c24-13-6-7-15(20-12-18(27)14-3-1-4-16(25)22(14)32-20)19(11-13)31-10-8-21(28)26-9-2-5-17(26)23(29)30/h1,3-4,6-7,11-12,17H,2,5,8-10H2,(H,29,30)/t17-/m1/s1. The van der Waals surface area contributed by atoms with Gasteiger partial charge in [0, 0.05) is 17.1 Å². The van der Waals surface area contributed by atoms with Crippen LogP contribution < -0.4 is 10.2 Å². The summed E-state index contributed by atoms with van der Waals surface area (Å²) in [7, 11) is 0. The molecule has 0 bridgehead atoms. The summed E-state index contributed by atoms with van der Waals surface area (Å²) in [6.45, 7) is 0.477. The maximum absolute atomic E-state index is 12.6. The molecule has 0 saturated carbocycles. The van der Waals surface area contributed by atoms with E-state index in [0.29, 0.717) is 41.1 Å². The van der Waals surface area contributed by atoms with Crippen molar-refractivity contribution in [3.05, 3.63) is 62.2 Å². The van der Waals surface area contributed by atoms with E-state index in [-0.39, 0.29) is 35.7 Å². The normalized spacial score (nSPS) is 15.8. The third kappa shape index (κ3) is 4.52. The molecule has 1 N–H and O–H groups in total. The smallest absolute Gasteiger partial charge is 0.326 e. The Labute approximate surface area is 196 Å². The van der Waals surface area contributed by atoms with E-state index in [9.17, 15) is 19.5 Å². The number of halogens is 2. The first-order chi connectivity index (χ1) is 15.3. The average Bonchev–Trinajstić information content (AvgIpc) is 3.25. The Morgan fingerprint density at radius 3 is 2.84 bits per heavy atom. The molecule has 0 spiro atoms. The zero-order valence-electron chi connectivity index (χ0n) is 16.8. The largest absolute Gasteiger partial charge is 0.492 e. The zero-order chi connectivity index (χ0) is 22.8. The molecule has 4 rings (SSSR count). The van der Waals surface area contributed by atoms with Gasteiger partial charge in [-0.15, -0.1) is 0 Å². The number of hydrogen-bond acceptors (Lipinski definition) is 5. The van der Waals surface area contributed by atoms with Gasteiger partial charge in [0.05, 0.1) is 29.0 Å². The van der Waals surface area contributed by atoms with Crippen molar-refractivity contribution in [2.24, 2.45) is 0 Å². The Morgan fingerprint density at radius 1 is 1.25 bits per heavy atom. The van der Waals surface area contributed by atoms with Gasteiger partial charge in [-0.3, -0.25) is 9.59 Å². The van der Waals surface area contributed by atoms with Crippen LogP contribution in [0.25, 0.3) is 22.3 Å². The minimum Gasteiger partial charge on any atom is -0.492 e. The highest BCUT2D eigenvalue weighted by Crippen LogP contribution is 2.34. The molecular formula is C23H19BrClNO6. The van der Waals surface area contributed by atoms with E-state index in [1.165, 1.54) is 11.0 Å². The van der Waals surface area contributed by atoms with Crippen LogP contribution in [0.4, 0.5) is 0 Å². The van der Waals surface area contributed by atoms with E-state index < -0.39 is 12.0 Å². The van der Waals surface area contributed by atoms with Gasteiger partial charge in [0.15, 0.2) is 11.0 Å². The Kier molecular flexibility index (Phi) is 6.53. The monoisotopic (exact) mass is 519 g/mol. The van der Waals surface area contributed by atoms with Gasteiger partial charge in [-0.2, -0.15) is 0 Å². The Hall–Kier alpha value is -2.84. The van der Waals surface area contributed by atoms with Crippen LogP contribution in [0.15, 0.2) is 56.1 Å². The molecule has 1 atom stereocenters. The SMILES string of the molecule is O=C(O)[C@H]1CCCN1C(=O)CCOc1cc(Br)ccc1-c1cc(=O)c2cccc(Cl)c2o1. The second kappa shape index (κ2) is 9.34. The molecule has 2 aromatic carbocycles. The van der Waals surface area contributed by atoms with E-state index in [4.69, 9.17) is 20.8 Å². The molecule has 1 amide bonds. The molecule has 0 unspecified atom stereocenters. The molecule has 1 aliphatic heterocycles. The van der Waals surface area contributed by atoms with Crippen LogP contribution in [0.3, 0.4) is 0 Å². The number of carbonyl (C=O) groups is 2. The minimum atomic E-state index is -0.990. The second-order valence-electron chi connectivity index (χ2n) is 7.41. The number of para-hydroxylation sites is 1. The Balaban J connectivity index is 1.57. The van der Waals surface area contributed by atoms with E-state index in [0.717, 1.165) is 4.47 Å². The Bertz CT molecular complexity index is 1260. The van der Waals surface area contributed by atoms with Gasteiger partial charge in [-0.05, 0) is 43.2 Å². The molecular weight excluding hydrogens is 502 g/mol. The fourth-order valence-corrected chi connectivity index (χ4v) is 4.36. The van der Waals surface area contributed by atoms with E-state index in [1.807, 2.05) is 0 Å². The number of rotatable bonds is 6. The summed E-state index contributed by atoms with van der Waals surface area (Å²) in [4.78, 5) is 37.8. The van der Waals surface area contributed by atoms with Crippen LogP contribution in [0.5, 0.6) is 5.75 Å². The molecule has 1 saturated heterocycles.